The third kappa shape index (κ3) is 6.17. The maximum atomic E-state index is 12.8. The van der Waals surface area contributed by atoms with Crippen LogP contribution >= 0.6 is 0 Å². The van der Waals surface area contributed by atoms with E-state index in [1.54, 1.807) is 24.3 Å². The van der Waals surface area contributed by atoms with Crippen LogP contribution in [0.4, 0.5) is 5.69 Å². The predicted molar refractivity (Wildman–Crippen MR) is 118 cm³/mol. The lowest BCUT2D eigenvalue weighted by atomic mass is 10.1. The molecule has 2 aromatic rings. The highest BCUT2D eigenvalue weighted by atomic mass is 16.5. The summed E-state index contributed by atoms with van der Waals surface area (Å²) in [7, 11) is 0. The van der Waals surface area contributed by atoms with Crippen molar-refractivity contribution in [1.82, 2.24) is 4.90 Å². The smallest absolute Gasteiger partial charge is 0.261 e. The summed E-state index contributed by atoms with van der Waals surface area (Å²) < 4.78 is 5.59. The minimum Gasteiger partial charge on any atom is -0.484 e. The normalized spacial score (nSPS) is 11.5. The lowest BCUT2D eigenvalue weighted by molar-refractivity contribution is -0.138. The number of nitrogens with zero attached hydrogens (tertiary/aromatic N) is 1. The highest BCUT2D eigenvalue weighted by molar-refractivity contribution is 5.96. The van der Waals surface area contributed by atoms with Crippen molar-refractivity contribution in [3.05, 3.63) is 59.2 Å². The van der Waals surface area contributed by atoms with Gasteiger partial charge >= 0.3 is 0 Å². The van der Waals surface area contributed by atoms with Crippen molar-refractivity contribution in [2.45, 2.75) is 47.1 Å². The summed E-state index contributed by atoms with van der Waals surface area (Å²) in [5, 5.41) is 2.90. The molecule has 1 atom stereocenters. The SMILES string of the molecule is CCC(C)N(CC(=O)Nc1cccc(C)c1C)C(=O)COc1cccc(C(C)=O)c1. The molecule has 0 aliphatic rings. The molecule has 1 N–H and O–H groups in total. The Hall–Kier alpha value is -3.15. The van der Waals surface area contributed by atoms with Crippen LogP contribution in [-0.4, -0.2) is 41.7 Å². The van der Waals surface area contributed by atoms with Gasteiger partial charge in [-0.25, -0.2) is 0 Å². The molecule has 0 saturated heterocycles. The average Bonchev–Trinajstić information content (AvgIpc) is 2.73. The van der Waals surface area contributed by atoms with Crippen molar-refractivity contribution in [2.24, 2.45) is 0 Å². The number of aryl methyl sites for hydroxylation is 1. The first-order chi connectivity index (χ1) is 14.2. The standard InChI is InChI=1S/C24H30N2O4/c1-6-17(3)26(14-23(28)25-22-12-7-9-16(2)18(22)4)24(29)15-30-21-11-8-10-20(13-21)19(5)27/h7-13,17H,6,14-15H2,1-5H3,(H,25,28). The van der Waals surface area contributed by atoms with Crippen molar-refractivity contribution in [3.63, 3.8) is 0 Å². The third-order valence-corrected chi connectivity index (χ3v) is 5.24. The number of carbonyl (C=O) groups is 3. The lowest BCUT2D eigenvalue weighted by Gasteiger charge is -2.28. The highest BCUT2D eigenvalue weighted by Gasteiger charge is 2.22. The molecule has 2 amide bonds. The van der Waals surface area contributed by atoms with Gasteiger partial charge in [0.2, 0.25) is 5.91 Å². The number of nitrogens with one attached hydrogen (secondary N) is 1. The molecule has 0 bridgehead atoms. The predicted octanol–water partition coefficient (Wildman–Crippen LogP) is 4.15. The van der Waals surface area contributed by atoms with Gasteiger partial charge in [-0.3, -0.25) is 14.4 Å². The molecule has 0 aliphatic heterocycles. The maximum absolute atomic E-state index is 12.8. The van der Waals surface area contributed by atoms with Gasteiger partial charge < -0.3 is 15.0 Å². The van der Waals surface area contributed by atoms with Gasteiger partial charge in [0, 0.05) is 17.3 Å². The molecular weight excluding hydrogens is 380 g/mol. The Morgan fingerprint density at radius 1 is 1.10 bits per heavy atom. The van der Waals surface area contributed by atoms with Crippen LogP contribution in [-0.2, 0) is 9.59 Å². The molecule has 30 heavy (non-hydrogen) atoms. The van der Waals surface area contributed by atoms with Gasteiger partial charge in [-0.15, -0.1) is 0 Å². The van der Waals surface area contributed by atoms with Crippen LogP contribution in [0.2, 0.25) is 0 Å². The molecule has 0 aliphatic carbocycles. The first-order valence-electron chi connectivity index (χ1n) is 10.1. The van der Waals surface area contributed by atoms with Crippen LogP contribution in [0.25, 0.3) is 0 Å². The summed E-state index contributed by atoms with van der Waals surface area (Å²) in [6.07, 6.45) is 0.711. The second kappa shape index (κ2) is 10.6. The van der Waals surface area contributed by atoms with Gasteiger partial charge in [0.1, 0.15) is 12.3 Å². The van der Waals surface area contributed by atoms with E-state index in [1.165, 1.54) is 11.8 Å². The minimum absolute atomic E-state index is 0.0575. The van der Waals surface area contributed by atoms with E-state index < -0.39 is 0 Å². The Kier molecular flexibility index (Phi) is 8.16. The molecule has 0 saturated carbocycles. The molecule has 2 aromatic carbocycles. The summed E-state index contributed by atoms with van der Waals surface area (Å²) in [5.41, 5.74) is 3.35. The summed E-state index contributed by atoms with van der Waals surface area (Å²) in [6, 6.07) is 12.3. The van der Waals surface area contributed by atoms with Crippen LogP contribution in [0.15, 0.2) is 42.5 Å². The molecule has 0 spiro atoms. The molecule has 6 heteroatoms. The number of rotatable bonds is 9. The Morgan fingerprint density at radius 2 is 1.80 bits per heavy atom. The quantitative estimate of drug-likeness (QED) is 0.630. The van der Waals surface area contributed by atoms with E-state index in [9.17, 15) is 14.4 Å². The summed E-state index contributed by atoms with van der Waals surface area (Å²) in [5.74, 6) is -0.166. The van der Waals surface area contributed by atoms with Crippen molar-refractivity contribution >= 4 is 23.3 Å². The van der Waals surface area contributed by atoms with E-state index in [0.29, 0.717) is 17.7 Å². The van der Waals surface area contributed by atoms with Gasteiger partial charge in [-0.1, -0.05) is 31.2 Å². The number of ketones is 1. The highest BCUT2D eigenvalue weighted by Crippen LogP contribution is 2.18. The Labute approximate surface area is 178 Å². The fraction of sp³-hybridized carbons (Fsp3) is 0.375. The van der Waals surface area contributed by atoms with Gasteiger partial charge in [-0.05, 0) is 63.4 Å². The topological polar surface area (TPSA) is 75.7 Å². The molecule has 160 valence electrons. The maximum Gasteiger partial charge on any atom is 0.261 e. The number of anilines is 1. The molecule has 0 radical (unpaired) electrons. The largest absolute Gasteiger partial charge is 0.484 e. The fourth-order valence-corrected chi connectivity index (χ4v) is 2.97. The van der Waals surface area contributed by atoms with Crippen LogP contribution in [0, 0.1) is 13.8 Å². The molecule has 2 rings (SSSR count). The number of hydrogen-bond acceptors (Lipinski definition) is 4. The van der Waals surface area contributed by atoms with Gasteiger partial charge in [0.15, 0.2) is 12.4 Å². The zero-order valence-corrected chi connectivity index (χ0v) is 18.3. The third-order valence-electron chi connectivity index (χ3n) is 5.24. The second-order valence-electron chi connectivity index (χ2n) is 7.45. The molecule has 1 unspecified atom stereocenters. The fourth-order valence-electron chi connectivity index (χ4n) is 2.97. The van der Waals surface area contributed by atoms with Gasteiger partial charge in [-0.2, -0.15) is 0 Å². The van der Waals surface area contributed by atoms with Crippen molar-refractivity contribution in [2.75, 3.05) is 18.5 Å². The summed E-state index contributed by atoms with van der Waals surface area (Å²) in [4.78, 5) is 38.5. The number of benzene rings is 2. The molecule has 6 nitrogen and oxygen atoms in total. The lowest BCUT2D eigenvalue weighted by Crippen LogP contribution is -2.45. The van der Waals surface area contributed by atoms with Crippen LogP contribution in [0.5, 0.6) is 5.75 Å². The number of carbonyl (C=O) groups excluding carboxylic acids is 3. The Morgan fingerprint density at radius 3 is 2.47 bits per heavy atom. The second-order valence-corrected chi connectivity index (χ2v) is 7.45. The summed E-state index contributed by atoms with van der Waals surface area (Å²) in [6.45, 7) is 9.01. The first-order valence-corrected chi connectivity index (χ1v) is 10.1. The van der Waals surface area contributed by atoms with Crippen molar-refractivity contribution in [3.8, 4) is 5.75 Å². The molecule has 0 heterocycles. The number of ether oxygens (including phenoxy) is 1. The van der Waals surface area contributed by atoms with Gasteiger partial charge in [0.25, 0.3) is 5.91 Å². The number of Topliss-reactive ketones (excluding diaryl/α,β-unsaturated/α-hetero) is 1. The van der Waals surface area contributed by atoms with E-state index in [0.717, 1.165) is 16.8 Å². The van der Waals surface area contributed by atoms with Crippen LogP contribution in [0.1, 0.15) is 48.7 Å². The summed E-state index contributed by atoms with van der Waals surface area (Å²) >= 11 is 0. The monoisotopic (exact) mass is 410 g/mol. The van der Waals surface area contributed by atoms with Gasteiger partial charge in [0.05, 0.1) is 0 Å². The zero-order valence-electron chi connectivity index (χ0n) is 18.3. The van der Waals surface area contributed by atoms with E-state index in [-0.39, 0.29) is 36.8 Å². The zero-order chi connectivity index (χ0) is 22.3. The minimum atomic E-state index is -0.284. The van der Waals surface area contributed by atoms with Crippen molar-refractivity contribution in [1.29, 1.82) is 0 Å². The van der Waals surface area contributed by atoms with E-state index in [4.69, 9.17) is 4.74 Å². The molecular formula is C24H30N2O4. The van der Waals surface area contributed by atoms with E-state index >= 15 is 0 Å². The Balaban J connectivity index is 2.04. The van der Waals surface area contributed by atoms with Crippen molar-refractivity contribution < 1.29 is 19.1 Å². The van der Waals surface area contributed by atoms with E-state index in [1.807, 2.05) is 45.9 Å². The first kappa shape index (κ1) is 23.1. The molecule has 0 aromatic heterocycles. The number of hydrogen-bond donors (Lipinski definition) is 1. The molecule has 0 fully saturated rings. The van der Waals surface area contributed by atoms with E-state index in [2.05, 4.69) is 5.32 Å². The van der Waals surface area contributed by atoms with Crippen LogP contribution in [0.3, 0.4) is 0 Å². The average molecular weight is 411 g/mol. The van der Waals surface area contributed by atoms with Crippen LogP contribution < -0.4 is 10.1 Å². The number of amides is 2. The Bertz CT molecular complexity index is 923.